The summed E-state index contributed by atoms with van der Waals surface area (Å²) in [4.78, 5) is 35.7. The van der Waals surface area contributed by atoms with Crippen LogP contribution in [0, 0.1) is 0 Å². The van der Waals surface area contributed by atoms with Crippen molar-refractivity contribution in [2.24, 2.45) is 0 Å². The Labute approximate surface area is 382 Å². The number of aliphatic hydroxyl groups excluding tert-OH is 5. The summed E-state index contributed by atoms with van der Waals surface area (Å²) in [5.41, 5.74) is 0. The highest BCUT2D eigenvalue weighted by Gasteiger charge is 2.51. The molecular weight excluding hydrogens is 828 g/mol. The largest absolute Gasteiger partial charge is 0.472 e. The molecule has 0 amide bonds. The van der Waals surface area contributed by atoms with Crippen LogP contribution >= 0.6 is 7.82 Å². The van der Waals surface area contributed by atoms with Crippen LogP contribution in [-0.2, 0) is 32.7 Å². The molecule has 0 aromatic rings. The van der Waals surface area contributed by atoms with Gasteiger partial charge < -0.3 is 39.9 Å². The SMILES string of the molecule is CCCCCCCCCCCCCCCCCCCCCCCCCCC(=O)OC(COC(=O)CCCCCCCCCCCC)COP(=O)(O)OC1C(O)C(O)C(O)C(O)C1O. The minimum Gasteiger partial charge on any atom is -0.462 e. The minimum absolute atomic E-state index is 0.105. The number of aliphatic hydroxyl groups is 5. The van der Waals surface area contributed by atoms with Crippen molar-refractivity contribution >= 4 is 19.8 Å². The Hall–Kier alpha value is -1.15. The van der Waals surface area contributed by atoms with Gasteiger partial charge in [-0.05, 0) is 12.8 Å². The first-order valence-corrected chi connectivity index (χ1v) is 27.3. The lowest BCUT2D eigenvalue weighted by molar-refractivity contribution is -0.220. The molecule has 374 valence electrons. The molecule has 14 heteroatoms. The molecule has 0 spiro atoms. The second kappa shape index (κ2) is 40.0. The molecule has 0 aromatic heterocycles. The van der Waals surface area contributed by atoms with Gasteiger partial charge in [-0.1, -0.05) is 219 Å². The van der Waals surface area contributed by atoms with Crippen LogP contribution in [0.5, 0.6) is 0 Å². The molecule has 0 saturated heterocycles. The third kappa shape index (κ3) is 32.2. The van der Waals surface area contributed by atoms with Crippen molar-refractivity contribution in [3.05, 3.63) is 0 Å². The fraction of sp³-hybridized carbons (Fsp3) is 0.959. The summed E-state index contributed by atoms with van der Waals surface area (Å²) < 4.78 is 33.6. The van der Waals surface area contributed by atoms with Crippen molar-refractivity contribution < 1.29 is 63.1 Å². The van der Waals surface area contributed by atoms with E-state index in [1.807, 2.05) is 0 Å². The molecule has 6 N–H and O–H groups in total. The lowest BCUT2D eigenvalue weighted by Crippen LogP contribution is -2.64. The van der Waals surface area contributed by atoms with Gasteiger partial charge in [0.25, 0.3) is 0 Å². The maximum Gasteiger partial charge on any atom is 0.472 e. The zero-order valence-corrected chi connectivity index (χ0v) is 40.8. The van der Waals surface area contributed by atoms with E-state index in [1.54, 1.807) is 0 Å². The van der Waals surface area contributed by atoms with Gasteiger partial charge in [-0.25, -0.2) is 4.57 Å². The maximum absolute atomic E-state index is 12.8. The first-order chi connectivity index (χ1) is 30.4. The number of rotatable bonds is 44. The molecule has 63 heavy (non-hydrogen) atoms. The van der Waals surface area contributed by atoms with Gasteiger partial charge in [0.15, 0.2) is 6.10 Å². The van der Waals surface area contributed by atoms with Crippen molar-refractivity contribution in [2.75, 3.05) is 13.2 Å². The predicted molar refractivity (Wildman–Crippen MR) is 249 cm³/mol. The molecule has 0 bridgehead atoms. The monoisotopic (exact) mass is 923 g/mol. The van der Waals surface area contributed by atoms with Crippen molar-refractivity contribution in [3.63, 3.8) is 0 Å². The number of phosphoric ester groups is 1. The Morgan fingerprint density at radius 2 is 0.714 bits per heavy atom. The van der Waals surface area contributed by atoms with Gasteiger partial charge in [-0.15, -0.1) is 0 Å². The number of hydrogen-bond acceptors (Lipinski definition) is 12. The molecule has 6 atom stereocenters. The standard InChI is InChI=1S/C49H95O13P/c1-3-5-7-9-11-13-15-16-17-18-19-20-21-22-23-24-25-26-27-28-30-32-34-36-38-43(51)61-41(39-59-42(50)37-35-33-31-29-14-12-10-8-6-4-2)40-60-63(57,58)62-49-47(55)45(53)44(52)46(54)48(49)56/h41,44-49,52-56H,3-40H2,1-2H3,(H,57,58). The summed E-state index contributed by atoms with van der Waals surface area (Å²) in [5.74, 6) is -1.08. The van der Waals surface area contributed by atoms with Crippen LogP contribution in [0.4, 0.5) is 0 Å². The van der Waals surface area contributed by atoms with Crippen molar-refractivity contribution in [3.8, 4) is 0 Å². The van der Waals surface area contributed by atoms with Gasteiger partial charge in [-0.3, -0.25) is 18.6 Å². The quantitative estimate of drug-likeness (QED) is 0.0191. The molecule has 0 aromatic carbocycles. The number of esters is 2. The molecule has 1 saturated carbocycles. The average molecular weight is 923 g/mol. The van der Waals surface area contributed by atoms with E-state index >= 15 is 0 Å². The van der Waals surface area contributed by atoms with Gasteiger partial charge in [0.05, 0.1) is 6.61 Å². The Morgan fingerprint density at radius 1 is 0.429 bits per heavy atom. The van der Waals surface area contributed by atoms with E-state index in [0.717, 1.165) is 38.5 Å². The summed E-state index contributed by atoms with van der Waals surface area (Å²) in [7, 11) is -5.11. The van der Waals surface area contributed by atoms with E-state index in [2.05, 4.69) is 13.8 Å². The summed E-state index contributed by atoms with van der Waals surface area (Å²) in [6.07, 6.45) is 28.9. The topological polar surface area (TPSA) is 210 Å². The molecule has 0 heterocycles. The van der Waals surface area contributed by atoms with Crippen LogP contribution in [0.2, 0.25) is 0 Å². The molecule has 1 fully saturated rings. The molecule has 6 unspecified atom stereocenters. The van der Waals surface area contributed by atoms with Crippen molar-refractivity contribution in [1.82, 2.24) is 0 Å². The van der Waals surface area contributed by atoms with Crippen LogP contribution in [0.15, 0.2) is 0 Å². The smallest absolute Gasteiger partial charge is 0.462 e. The third-order valence-electron chi connectivity index (χ3n) is 12.4. The molecule has 1 aliphatic rings. The lowest BCUT2D eigenvalue weighted by atomic mass is 9.85. The van der Waals surface area contributed by atoms with Crippen LogP contribution in [0.25, 0.3) is 0 Å². The van der Waals surface area contributed by atoms with Crippen LogP contribution in [-0.4, -0.2) is 98.3 Å². The Kier molecular flexibility index (Phi) is 38.0. The van der Waals surface area contributed by atoms with Crippen LogP contribution in [0.1, 0.15) is 245 Å². The highest BCUT2D eigenvalue weighted by molar-refractivity contribution is 7.47. The number of carbonyl (C=O) groups is 2. The van der Waals surface area contributed by atoms with Gasteiger partial charge in [0.2, 0.25) is 0 Å². The van der Waals surface area contributed by atoms with E-state index in [-0.39, 0.29) is 12.8 Å². The van der Waals surface area contributed by atoms with E-state index in [4.69, 9.17) is 18.5 Å². The van der Waals surface area contributed by atoms with E-state index in [0.29, 0.717) is 12.8 Å². The second-order valence-electron chi connectivity index (χ2n) is 18.4. The zero-order valence-electron chi connectivity index (χ0n) is 39.9. The van der Waals surface area contributed by atoms with Crippen LogP contribution < -0.4 is 0 Å². The molecule has 0 aliphatic heterocycles. The third-order valence-corrected chi connectivity index (χ3v) is 13.4. The van der Waals surface area contributed by atoms with Crippen LogP contribution in [0.3, 0.4) is 0 Å². The summed E-state index contributed by atoms with van der Waals surface area (Å²) >= 11 is 0. The minimum atomic E-state index is -5.11. The fourth-order valence-electron chi connectivity index (χ4n) is 8.29. The Morgan fingerprint density at radius 3 is 1.05 bits per heavy atom. The number of hydrogen-bond donors (Lipinski definition) is 6. The van der Waals surface area contributed by atoms with E-state index in [1.165, 1.54) is 167 Å². The first-order valence-electron chi connectivity index (χ1n) is 25.8. The second-order valence-corrected chi connectivity index (χ2v) is 19.8. The fourth-order valence-corrected chi connectivity index (χ4v) is 9.26. The number of ether oxygens (including phenoxy) is 2. The lowest BCUT2D eigenvalue weighted by Gasteiger charge is -2.41. The zero-order chi connectivity index (χ0) is 46.4. The van der Waals surface area contributed by atoms with Gasteiger partial charge in [0.1, 0.15) is 43.2 Å². The molecular formula is C49H95O13P. The van der Waals surface area contributed by atoms with E-state index in [9.17, 15) is 44.6 Å². The Balaban J connectivity index is 2.30. The highest BCUT2D eigenvalue weighted by Crippen LogP contribution is 2.47. The number of phosphoric acid groups is 1. The highest BCUT2D eigenvalue weighted by atomic mass is 31.2. The maximum atomic E-state index is 12.8. The van der Waals surface area contributed by atoms with Gasteiger partial charge >= 0.3 is 19.8 Å². The Bertz CT molecular complexity index is 1110. The van der Waals surface area contributed by atoms with Gasteiger partial charge in [0, 0.05) is 12.8 Å². The predicted octanol–water partition coefficient (Wildman–Crippen LogP) is 10.8. The number of unbranched alkanes of at least 4 members (excludes halogenated alkanes) is 32. The summed E-state index contributed by atoms with van der Waals surface area (Å²) in [6.45, 7) is 3.32. The summed E-state index contributed by atoms with van der Waals surface area (Å²) in [6, 6.07) is 0. The van der Waals surface area contributed by atoms with E-state index < -0.39 is 75.7 Å². The van der Waals surface area contributed by atoms with Crippen molar-refractivity contribution in [2.45, 2.75) is 288 Å². The first kappa shape index (κ1) is 59.9. The molecule has 13 nitrogen and oxygen atoms in total. The molecule has 1 rings (SSSR count). The average Bonchev–Trinajstić information content (AvgIpc) is 3.26. The van der Waals surface area contributed by atoms with Crippen molar-refractivity contribution in [1.29, 1.82) is 0 Å². The number of carbonyl (C=O) groups excluding carboxylic acids is 2. The normalized spacial score (nSPS) is 21.6. The molecule has 1 aliphatic carbocycles. The van der Waals surface area contributed by atoms with Gasteiger partial charge in [-0.2, -0.15) is 0 Å². The molecule has 0 radical (unpaired) electrons. The summed E-state index contributed by atoms with van der Waals surface area (Å²) in [5, 5.41) is 50.2.